The first kappa shape index (κ1) is 31.0. The normalized spacial score (nSPS) is 11.3. The van der Waals surface area contributed by atoms with Crippen LogP contribution in [-0.2, 0) is 27.7 Å². The molecule has 0 aliphatic rings. The number of aryl methyl sites for hydroxylation is 1. The van der Waals surface area contributed by atoms with Gasteiger partial charge >= 0.3 is 0 Å². The van der Waals surface area contributed by atoms with Gasteiger partial charge in [-0.1, -0.05) is 35.9 Å². The molecule has 0 aliphatic carbocycles. The van der Waals surface area contributed by atoms with Crippen LogP contribution < -0.4 is 20.5 Å². The van der Waals surface area contributed by atoms with E-state index in [1.54, 1.807) is 65.9 Å². The highest BCUT2D eigenvalue weighted by Crippen LogP contribution is 2.28. The first-order chi connectivity index (χ1) is 21.2. The maximum Gasteiger partial charge on any atom is 0.255 e. The van der Waals surface area contributed by atoms with Crippen molar-refractivity contribution < 1.29 is 27.5 Å². The van der Waals surface area contributed by atoms with E-state index in [-0.39, 0.29) is 29.6 Å². The zero-order valence-electron chi connectivity index (χ0n) is 23.4. The number of halogens is 1. The van der Waals surface area contributed by atoms with Crippen molar-refractivity contribution in [1.29, 1.82) is 0 Å². The van der Waals surface area contributed by atoms with Crippen LogP contribution in [-0.4, -0.2) is 37.6 Å². The van der Waals surface area contributed by atoms with E-state index >= 15 is 0 Å². The third-order valence-electron chi connectivity index (χ3n) is 6.51. The molecule has 12 heteroatoms. The predicted molar refractivity (Wildman–Crippen MR) is 171 cm³/mol. The van der Waals surface area contributed by atoms with Gasteiger partial charge in [0.05, 0.1) is 26.6 Å². The summed E-state index contributed by atoms with van der Waals surface area (Å²) in [7, 11) is -3.49. The summed E-state index contributed by atoms with van der Waals surface area (Å²) in [4.78, 5) is 29.4. The fraction of sp³-hybridized carbons (Fsp3) is 0.156. The van der Waals surface area contributed by atoms with Crippen LogP contribution in [0.4, 0.5) is 5.69 Å². The molecule has 4 aromatic carbocycles. The van der Waals surface area contributed by atoms with Crippen LogP contribution in [0.1, 0.15) is 27.3 Å². The number of anilines is 1. The van der Waals surface area contributed by atoms with E-state index in [1.165, 1.54) is 12.1 Å². The summed E-state index contributed by atoms with van der Waals surface area (Å²) < 4.78 is 38.0. The van der Waals surface area contributed by atoms with Gasteiger partial charge in [-0.2, -0.15) is 0 Å². The van der Waals surface area contributed by atoms with Crippen molar-refractivity contribution in [1.82, 2.24) is 4.98 Å². The molecule has 2 amide bonds. The van der Waals surface area contributed by atoms with Crippen LogP contribution in [0.2, 0.25) is 5.02 Å². The van der Waals surface area contributed by atoms with Gasteiger partial charge in [0.15, 0.2) is 16.4 Å². The van der Waals surface area contributed by atoms with E-state index in [2.05, 4.69) is 10.3 Å². The minimum Gasteiger partial charge on any atom is -0.486 e. The van der Waals surface area contributed by atoms with E-state index in [0.29, 0.717) is 34.9 Å². The Kier molecular flexibility index (Phi) is 9.78. The first-order valence-electron chi connectivity index (χ1n) is 13.6. The van der Waals surface area contributed by atoms with Gasteiger partial charge < -0.3 is 20.5 Å². The van der Waals surface area contributed by atoms with Crippen LogP contribution in [0.15, 0.2) is 95.9 Å². The third kappa shape index (κ3) is 8.13. The smallest absolute Gasteiger partial charge is 0.255 e. The van der Waals surface area contributed by atoms with Crippen molar-refractivity contribution >= 4 is 60.5 Å². The Morgan fingerprint density at radius 3 is 2.50 bits per heavy atom. The lowest BCUT2D eigenvalue weighted by molar-refractivity contribution is -0.119. The molecular weight excluding hydrogens is 622 g/mol. The summed E-state index contributed by atoms with van der Waals surface area (Å²) in [6.45, 7) is -0.123. The molecule has 0 atom stereocenters. The molecule has 44 heavy (non-hydrogen) atoms. The number of nitrogens with zero attached hydrogens (tertiary/aromatic N) is 1. The summed E-state index contributed by atoms with van der Waals surface area (Å²) in [6, 6.07) is 25.7. The van der Waals surface area contributed by atoms with E-state index in [9.17, 15) is 18.0 Å². The number of nitrogens with two attached hydrogens (primary N) is 1. The summed E-state index contributed by atoms with van der Waals surface area (Å²) in [5.74, 6) is -0.422. The summed E-state index contributed by atoms with van der Waals surface area (Å²) in [5.41, 5.74) is 7.58. The number of benzene rings is 4. The van der Waals surface area contributed by atoms with Gasteiger partial charge in [-0.3, -0.25) is 9.59 Å². The quantitative estimate of drug-likeness (QED) is 0.158. The number of hydrogen-bond donors (Lipinski definition) is 2. The molecule has 226 valence electrons. The van der Waals surface area contributed by atoms with Crippen molar-refractivity contribution in [3.8, 4) is 11.5 Å². The van der Waals surface area contributed by atoms with E-state index in [1.807, 2.05) is 24.3 Å². The second kappa shape index (κ2) is 13.9. The van der Waals surface area contributed by atoms with E-state index in [0.717, 1.165) is 20.8 Å². The molecule has 3 N–H and O–H groups in total. The summed E-state index contributed by atoms with van der Waals surface area (Å²) >= 11 is 7.42. The zero-order chi connectivity index (χ0) is 31.1. The minimum atomic E-state index is -3.49. The topological polar surface area (TPSA) is 138 Å². The lowest BCUT2D eigenvalue weighted by Crippen LogP contribution is -2.21. The Morgan fingerprint density at radius 1 is 0.932 bits per heavy atom. The number of aromatic nitrogens is 1. The molecule has 5 rings (SSSR count). The molecule has 0 saturated heterocycles. The number of rotatable bonds is 13. The van der Waals surface area contributed by atoms with Gasteiger partial charge in [-0.05, 0) is 85.1 Å². The minimum absolute atomic E-state index is 0.0694. The van der Waals surface area contributed by atoms with Crippen molar-refractivity contribution in [2.75, 3.05) is 17.7 Å². The van der Waals surface area contributed by atoms with Gasteiger partial charge in [-0.15, -0.1) is 11.3 Å². The number of carbonyl (C=O) groups excluding carboxylic acids is 2. The Hall–Kier alpha value is -4.45. The number of para-hydroxylation sites is 1. The summed E-state index contributed by atoms with van der Waals surface area (Å²) in [6.07, 6.45) is 0.759. The molecule has 5 aromatic rings. The number of nitrogens with one attached hydrogen (secondary N) is 1. The zero-order valence-corrected chi connectivity index (χ0v) is 25.8. The Labute approximate surface area is 263 Å². The number of amides is 2. The Bertz CT molecular complexity index is 1880. The van der Waals surface area contributed by atoms with Crippen molar-refractivity contribution in [3.05, 3.63) is 112 Å². The Balaban J connectivity index is 1.26. The maximum absolute atomic E-state index is 13.3. The largest absolute Gasteiger partial charge is 0.486 e. The molecule has 0 radical (unpaired) electrons. The maximum atomic E-state index is 13.3. The summed E-state index contributed by atoms with van der Waals surface area (Å²) in [5, 5.41) is 4.11. The molecule has 9 nitrogen and oxygen atoms in total. The highest BCUT2D eigenvalue weighted by Gasteiger charge is 2.16. The molecule has 0 bridgehead atoms. The average Bonchev–Trinajstić information content (AvgIpc) is 3.43. The van der Waals surface area contributed by atoms with Crippen molar-refractivity contribution in [3.63, 3.8) is 0 Å². The Morgan fingerprint density at radius 2 is 1.73 bits per heavy atom. The van der Waals surface area contributed by atoms with Gasteiger partial charge in [0, 0.05) is 10.6 Å². The van der Waals surface area contributed by atoms with Gasteiger partial charge in [0.2, 0.25) is 0 Å². The second-order valence-corrected chi connectivity index (χ2v) is 13.5. The molecule has 1 aromatic heterocycles. The predicted octanol–water partition coefficient (Wildman–Crippen LogP) is 6.05. The SMILES string of the molecule is NC(=O)COc1ccc(CCCS(=O)(=O)c2ccc(Cl)cc2)cc1NC(=O)c1cccc(OCc2nc3ccccc3s2)c1. The fourth-order valence-electron chi connectivity index (χ4n) is 4.38. The first-order valence-corrected chi connectivity index (χ1v) is 16.4. The number of fused-ring (bicyclic) bond motifs is 1. The lowest BCUT2D eigenvalue weighted by atomic mass is 10.1. The second-order valence-electron chi connectivity index (χ2n) is 9.81. The highest BCUT2D eigenvalue weighted by molar-refractivity contribution is 7.91. The molecule has 0 unspecified atom stereocenters. The standard InChI is InChI=1S/C32H28ClN3O6S2/c33-23-11-13-25(14-12-23)44(39,40)16-4-5-21-10-15-28(42-19-30(34)37)27(17-21)36-32(38)22-6-3-7-24(18-22)41-20-31-35-26-8-1-2-9-29(26)43-31/h1-3,6-15,17-18H,4-5,16,19-20H2,(H2,34,37)(H,36,38). The molecular formula is C32H28ClN3O6S2. The number of carbonyl (C=O) groups is 2. The molecule has 1 heterocycles. The highest BCUT2D eigenvalue weighted by atomic mass is 35.5. The number of hydrogen-bond acceptors (Lipinski definition) is 8. The van der Waals surface area contributed by atoms with Crippen LogP contribution in [0.25, 0.3) is 10.2 Å². The third-order valence-corrected chi connectivity index (χ3v) is 9.59. The molecule has 0 saturated carbocycles. The van der Waals surface area contributed by atoms with Gasteiger partial charge in [0.25, 0.3) is 11.8 Å². The van der Waals surface area contributed by atoms with Crippen LogP contribution in [0, 0.1) is 0 Å². The van der Waals surface area contributed by atoms with E-state index < -0.39 is 21.7 Å². The van der Waals surface area contributed by atoms with Crippen molar-refractivity contribution in [2.45, 2.75) is 24.3 Å². The van der Waals surface area contributed by atoms with Crippen LogP contribution in [0.3, 0.4) is 0 Å². The van der Waals surface area contributed by atoms with Gasteiger partial charge in [0.1, 0.15) is 23.1 Å². The number of ether oxygens (including phenoxy) is 2. The number of primary amides is 1. The fourth-order valence-corrected chi connectivity index (χ4v) is 6.70. The van der Waals surface area contributed by atoms with Crippen molar-refractivity contribution in [2.24, 2.45) is 5.73 Å². The molecule has 0 spiro atoms. The van der Waals surface area contributed by atoms with Crippen LogP contribution >= 0.6 is 22.9 Å². The number of sulfone groups is 1. The van der Waals surface area contributed by atoms with E-state index in [4.69, 9.17) is 26.8 Å². The monoisotopic (exact) mass is 649 g/mol. The average molecular weight is 650 g/mol. The lowest BCUT2D eigenvalue weighted by Gasteiger charge is -2.14. The number of thiazole rings is 1. The molecule has 0 fully saturated rings. The van der Waals surface area contributed by atoms with Gasteiger partial charge in [-0.25, -0.2) is 13.4 Å². The molecule has 0 aliphatic heterocycles. The van der Waals surface area contributed by atoms with Crippen LogP contribution in [0.5, 0.6) is 11.5 Å².